The summed E-state index contributed by atoms with van der Waals surface area (Å²) in [5.41, 5.74) is 0. The van der Waals surface area contributed by atoms with Crippen LogP contribution in [0.15, 0.2) is 0 Å². The molecule has 15 heavy (non-hydrogen) atoms. The van der Waals surface area contributed by atoms with Gasteiger partial charge < -0.3 is 14.5 Å². The molecule has 1 atom stereocenters. The Morgan fingerprint density at radius 1 is 1.33 bits per heavy atom. The molecule has 1 unspecified atom stereocenters. The molecule has 1 rings (SSSR count). The van der Waals surface area contributed by atoms with Crippen molar-refractivity contribution in [3.05, 3.63) is 0 Å². The van der Waals surface area contributed by atoms with Gasteiger partial charge in [-0.2, -0.15) is 0 Å². The van der Waals surface area contributed by atoms with Crippen LogP contribution in [-0.4, -0.2) is 21.9 Å². The van der Waals surface area contributed by atoms with E-state index in [4.69, 9.17) is 4.52 Å². The Morgan fingerprint density at radius 3 is 2.47 bits per heavy atom. The van der Waals surface area contributed by atoms with E-state index >= 15 is 0 Å². The third kappa shape index (κ3) is 3.28. The van der Waals surface area contributed by atoms with Crippen molar-refractivity contribution in [3.8, 4) is 0 Å². The molecule has 0 aliphatic heterocycles. The van der Waals surface area contributed by atoms with Crippen molar-refractivity contribution in [1.29, 1.82) is 0 Å². The van der Waals surface area contributed by atoms with Crippen LogP contribution in [0.2, 0.25) is 0 Å². The van der Waals surface area contributed by atoms with Crippen molar-refractivity contribution in [2.75, 3.05) is 6.61 Å². The molecule has 0 saturated heterocycles. The first-order valence-electron chi connectivity index (χ1n) is 5.72. The molecule has 2 N–H and O–H groups in total. The van der Waals surface area contributed by atoms with E-state index in [0.717, 1.165) is 32.1 Å². The number of unbranched alkanes of at least 4 members (excludes halogenated alkanes) is 1. The number of hydrogen-bond acceptors (Lipinski definition) is 3. The first-order valence-corrected chi connectivity index (χ1v) is 7.29. The van der Waals surface area contributed by atoms with Crippen LogP contribution in [0.25, 0.3) is 0 Å². The molecule has 0 radical (unpaired) electrons. The third-order valence-corrected chi connectivity index (χ3v) is 4.98. The van der Waals surface area contributed by atoms with Crippen molar-refractivity contribution in [2.24, 2.45) is 0 Å². The minimum atomic E-state index is -3.85. The zero-order valence-corrected chi connectivity index (χ0v) is 10.2. The van der Waals surface area contributed by atoms with E-state index in [2.05, 4.69) is 0 Å². The quantitative estimate of drug-likeness (QED) is 0.568. The SMILES string of the molecule is CCCCOP(=O)(O)C1(O)CCCCC1. The summed E-state index contributed by atoms with van der Waals surface area (Å²) in [7, 11) is -3.85. The predicted molar refractivity (Wildman–Crippen MR) is 58.7 cm³/mol. The van der Waals surface area contributed by atoms with Crippen molar-refractivity contribution in [1.82, 2.24) is 0 Å². The Morgan fingerprint density at radius 2 is 1.93 bits per heavy atom. The van der Waals surface area contributed by atoms with Crippen molar-refractivity contribution in [2.45, 2.75) is 57.2 Å². The molecule has 5 heteroatoms. The minimum absolute atomic E-state index is 0.257. The van der Waals surface area contributed by atoms with Crippen LogP contribution >= 0.6 is 7.60 Å². The standard InChI is InChI=1S/C10H21O4P/c1-2-3-9-14-15(12,13)10(11)7-5-4-6-8-10/h11H,2-9H2,1H3,(H,12,13). The molecule has 4 nitrogen and oxygen atoms in total. The number of hydrogen-bond donors (Lipinski definition) is 2. The summed E-state index contributed by atoms with van der Waals surface area (Å²) >= 11 is 0. The summed E-state index contributed by atoms with van der Waals surface area (Å²) in [5.74, 6) is 0. The number of rotatable bonds is 5. The van der Waals surface area contributed by atoms with Crippen molar-refractivity contribution >= 4 is 7.60 Å². The van der Waals surface area contributed by atoms with E-state index in [1.54, 1.807) is 0 Å². The lowest BCUT2D eigenvalue weighted by molar-refractivity contribution is 0.0455. The maximum absolute atomic E-state index is 11.8. The normalized spacial score (nSPS) is 24.7. The van der Waals surface area contributed by atoms with Gasteiger partial charge in [-0.15, -0.1) is 0 Å². The molecule has 1 aliphatic carbocycles. The van der Waals surface area contributed by atoms with E-state index < -0.39 is 12.9 Å². The fraction of sp³-hybridized carbons (Fsp3) is 1.00. The fourth-order valence-electron chi connectivity index (χ4n) is 1.85. The summed E-state index contributed by atoms with van der Waals surface area (Å²) in [4.78, 5) is 9.71. The van der Waals surface area contributed by atoms with Gasteiger partial charge in [-0.05, 0) is 32.1 Å². The van der Waals surface area contributed by atoms with Gasteiger partial charge in [0.15, 0.2) is 5.34 Å². The van der Waals surface area contributed by atoms with Gasteiger partial charge in [0, 0.05) is 0 Å². The molecule has 0 aromatic rings. The van der Waals surface area contributed by atoms with Gasteiger partial charge >= 0.3 is 7.60 Å². The van der Waals surface area contributed by atoms with Crippen LogP contribution in [-0.2, 0) is 9.09 Å². The molecule has 0 heterocycles. The molecule has 0 aromatic heterocycles. The average Bonchev–Trinajstić information content (AvgIpc) is 2.19. The highest BCUT2D eigenvalue weighted by Crippen LogP contribution is 2.59. The lowest BCUT2D eigenvalue weighted by Crippen LogP contribution is -2.32. The Hall–Kier alpha value is 0.110. The molecule has 1 saturated carbocycles. The summed E-state index contributed by atoms with van der Waals surface area (Å²) in [6.45, 7) is 2.24. The lowest BCUT2D eigenvalue weighted by atomic mass is 9.97. The summed E-state index contributed by atoms with van der Waals surface area (Å²) in [5, 5.41) is 8.57. The third-order valence-electron chi connectivity index (χ3n) is 2.94. The van der Waals surface area contributed by atoms with Gasteiger partial charge in [0.1, 0.15) is 0 Å². The van der Waals surface area contributed by atoms with Gasteiger partial charge in [-0.3, -0.25) is 4.57 Å². The largest absolute Gasteiger partial charge is 0.377 e. The van der Waals surface area contributed by atoms with Gasteiger partial charge in [-0.25, -0.2) is 0 Å². The van der Waals surface area contributed by atoms with Crippen molar-refractivity contribution < 1.29 is 19.1 Å². The van der Waals surface area contributed by atoms with Gasteiger partial charge in [0.2, 0.25) is 0 Å². The lowest BCUT2D eigenvalue weighted by Gasteiger charge is -2.34. The maximum atomic E-state index is 11.8. The topological polar surface area (TPSA) is 66.8 Å². The highest BCUT2D eigenvalue weighted by Gasteiger charge is 2.47. The van der Waals surface area contributed by atoms with Crippen LogP contribution in [0, 0.1) is 0 Å². The van der Waals surface area contributed by atoms with E-state index in [1.165, 1.54) is 0 Å². The van der Waals surface area contributed by atoms with Crippen LogP contribution in [0.1, 0.15) is 51.9 Å². The van der Waals surface area contributed by atoms with Gasteiger partial charge in [0.05, 0.1) is 6.61 Å². The Kier molecular flexibility index (Phi) is 4.78. The van der Waals surface area contributed by atoms with Crippen LogP contribution in [0.4, 0.5) is 0 Å². The molecule has 1 aliphatic rings. The highest BCUT2D eigenvalue weighted by atomic mass is 31.2. The zero-order valence-electron chi connectivity index (χ0n) is 9.31. The molecule has 0 aromatic carbocycles. The zero-order chi connectivity index (χ0) is 11.4. The van der Waals surface area contributed by atoms with Crippen LogP contribution in [0.5, 0.6) is 0 Å². The molecule has 0 spiro atoms. The fourth-order valence-corrected chi connectivity index (χ4v) is 3.35. The highest BCUT2D eigenvalue weighted by molar-refractivity contribution is 7.54. The predicted octanol–water partition coefficient (Wildman–Crippen LogP) is 2.64. The molecular formula is C10H21O4P. The summed E-state index contributed by atoms with van der Waals surface area (Å²) < 4.78 is 16.8. The van der Waals surface area contributed by atoms with E-state index in [1.807, 2.05) is 6.92 Å². The van der Waals surface area contributed by atoms with E-state index in [0.29, 0.717) is 12.8 Å². The number of aliphatic hydroxyl groups is 1. The second kappa shape index (κ2) is 5.44. The first kappa shape index (κ1) is 13.2. The first-order chi connectivity index (χ1) is 7.02. The second-order valence-electron chi connectivity index (χ2n) is 4.25. The smallest absolute Gasteiger partial charge is 0.359 e. The van der Waals surface area contributed by atoms with Gasteiger partial charge in [0.25, 0.3) is 0 Å². The molecule has 90 valence electrons. The van der Waals surface area contributed by atoms with Crippen LogP contribution in [0.3, 0.4) is 0 Å². The monoisotopic (exact) mass is 236 g/mol. The Balaban J connectivity index is 2.53. The summed E-state index contributed by atoms with van der Waals surface area (Å²) in [6.07, 6.45) is 5.06. The Labute approximate surface area is 91.2 Å². The van der Waals surface area contributed by atoms with E-state index in [-0.39, 0.29) is 6.61 Å². The minimum Gasteiger partial charge on any atom is -0.377 e. The summed E-state index contributed by atoms with van der Waals surface area (Å²) in [6, 6.07) is 0. The maximum Gasteiger partial charge on any atom is 0.359 e. The molecule has 0 bridgehead atoms. The molecule has 0 amide bonds. The van der Waals surface area contributed by atoms with Crippen molar-refractivity contribution in [3.63, 3.8) is 0 Å². The van der Waals surface area contributed by atoms with Gasteiger partial charge in [-0.1, -0.05) is 19.8 Å². The average molecular weight is 236 g/mol. The Bertz CT molecular complexity index is 236. The molecular weight excluding hydrogens is 215 g/mol. The molecule has 1 fully saturated rings. The second-order valence-corrected chi connectivity index (χ2v) is 6.38. The van der Waals surface area contributed by atoms with E-state index in [9.17, 15) is 14.6 Å². The van der Waals surface area contributed by atoms with Crippen LogP contribution < -0.4 is 0 Å².